The maximum atomic E-state index is 13.3. The van der Waals surface area contributed by atoms with Crippen molar-refractivity contribution < 1.29 is 13.6 Å². The van der Waals surface area contributed by atoms with E-state index in [1.165, 1.54) is 12.3 Å². The van der Waals surface area contributed by atoms with Crippen LogP contribution in [-0.4, -0.2) is 10.9 Å². The van der Waals surface area contributed by atoms with Gasteiger partial charge in [0.1, 0.15) is 5.69 Å². The second-order valence-corrected chi connectivity index (χ2v) is 5.65. The molecule has 2 aromatic carbocycles. The van der Waals surface area contributed by atoms with E-state index < -0.39 is 17.5 Å². The van der Waals surface area contributed by atoms with Gasteiger partial charge < -0.3 is 10.6 Å². The summed E-state index contributed by atoms with van der Waals surface area (Å²) in [5.41, 5.74) is 3.13. The number of nitrogens with one attached hydrogen (secondary N) is 2. The molecule has 1 heterocycles. The molecule has 0 bridgehead atoms. The van der Waals surface area contributed by atoms with Crippen LogP contribution in [0.4, 0.5) is 25.8 Å². The summed E-state index contributed by atoms with van der Waals surface area (Å²) in [6.45, 7) is 2.06. The molecule has 132 valence electrons. The number of pyridine rings is 1. The smallest absolute Gasteiger partial charge is 0.274 e. The van der Waals surface area contributed by atoms with Gasteiger partial charge in [0.2, 0.25) is 0 Å². The lowest BCUT2D eigenvalue weighted by molar-refractivity contribution is 0.102. The van der Waals surface area contributed by atoms with Crippen LogP contribution in [0, 0.1) is 11.6 Å². The minimum Gasteiger partial charge on any atom is -0.355 e. The number of nitrogens with zero attached hydrogens (tertiary/aromatic N) is 1. The van der Waals surface area contributed by atoms with Gasteiger partial charge in [-0.2, -0.15) is 0 Å². The van der Waals surface area contributed by atoms with E-state index in [1.54, 1.807) is 12.1 Å². The number of hydrogen-bond donors (Lipinski definition) is 2. The number of carbonyl (C=O) groups excluding carboxylic acids is 1. The third kappa shape index (κ3) is 4.03. The van der Waals surface area contributed by atoms with Gasteiger partial charge in [-0.25, -0.2) is 8.78 Å². The van der Waals surface area contributed by atoms with Crippen LogP contribution in [0.1, 0.15) is 23.0 Å². The fourth-order valence-electron chi connectivity index (χ4n) is 2.51. The Labute approximate surface area is 149 Å². The first-order chi connectivity index (χ1) is 12.6. The van der Waals surface area contributed by atoms with Gasteiger partial charge in [0.25, 0.3) is 5.91 Å². The number of halogens is 2. The minimum atomic E-state index is -1.03. The number of hydrogen-bond acceptors (Lipinski definition) is 3. The Morgan fingerprint density at radius 3 is 2.58 bits per heavy atom. The third-order valence-corrected chi connectivity index (χ3v) is 3.85. The number of aromatic nitrogens is 1. The van der Waals surface area contributed by atoms with E-state index >= 15 is 0 Å². The van der Waals surface area contributed by atoms with E-state index in [0.29, 0.717) is 5.69 Å². The molecular formula is C20H17F2N3O. The van der Waals surface area contributed by atoms with Gasteiger partial charge in [0.15, 0.2) is 11.6 Å². The Morgan fingerprint density at radius 2 is 1.81 bits per heavy atom. The molecule has 1 amide bonds. The van der Waals surface area contributed by atoms with Gasteiger partial charge in [0.05, 0.1) is 0 Å². The van der Waals surface area contributed by atoms with Crippen molar-refractivity contribution in [2.24, 2.45) is 0 Å². The summed E-state index contributed by atoms with van der Waals surface area (Å²) in [5.74, 6) is -2.51. The normalized spacial score (nSPS) is 10.4. The molecule has 6 heteroatoms. The monoisotopic (exact) mass is 353 g/mol. The van der Waals surface area contributed by atoms with Crippen molar-refractivity contribution in [2.45, 2.75) is 13.3 Å². The van der Waals surface area contributed by atoms with Crippen LogP contribution < -0.4 is 10.6 Å². The molecule has 1 aromatic heterocycles. The zero-order valence-electron chi connectivity index (χ0n) is 14.1. The molecule has 0 atom stereocenters. The number of benzene rings is 2. The molecule has 3 aromatic rings. The van der Waals surface area contributed by atoms with Crippen molar-refractivity contribution in [3.63, 3.8) is 0 Å². The van der Waals surface area contributed by atoms with Crippen LogP contribution in [0.5, 0.6) is 0 Å². The minimum absolute atomic E-state index is 0.158. The predicted octanol–water partition coefficient (Wildman–Crippen LogP) is 4.92. The van der Waals surface area contributed by atoms with Crippen LogP contribution in [0.15, 0.2) is 60.8 Å². The fourth-order valence-corrected chi connectivity index (χ4v) is 2.51. The van der Waals surface area contributed by atoms with Crippen molar-refractivity contribution >= 4 is 23.0 Å². The number of carbonyl (C=O) groups is 1. The summed E-state index contributed by atoms with van der Waals surface area (Å²) < 4.78 is 26.2. The summed E-state index contributed by atoms with van der Waals surface area (Å²) in [4.78, 5) is 16.4. The summed E-state index contributed by atoms with van der Waals surface area (Å²) in [5, 5.41) is 5.77. The number of anilines is 3. The molecule has 0 unspecified atom stereocenters. The molecule has 0 saturated carbocycles. The van der Waals surface area contributed by atoms with E-state index in [9.17, 15) is 13.6 Å². The van der Waals surface area contributed by atoms with E-state index in [0.717, 1.165) is 29.8 Å². The Kier molecular flexibility index (Phi) is 5.22. The Morgan fingerprint density at radius 1 is 1.00 bits per heavy atom. The van der Waals surface area contributed by atoms with E-state index in [1.807, 2.05) is 24.3 Å². The molecule has 0 spiro atoms. The molecule has 0 saturated heterocycles. The van der Waals surface area contributed by atoms with Gasteiger partial charge in [-0.1, -0.05) is 25.1 Å². The fraction of sp³-hybridized carbons (Fsp3) is 0.100. The van der Waals surface area contributed by atoms with Crippen LogP contribution >= 0.6 is 0 Å². The first-order valence-electron chi connectivity index (χ1n) is 8.14. The number of para-hydroxylation sites is 1. The zero-order valence-corrected chi connectivity index (χ0v) is 14.1. The second-order valence-electron chi connectivity index (χ2n) is 5.65. The summed E-state index contributed by atoms with van der Waals surface area (Å²) in [6.07, 6.45) is 2.38. The standard InChI is InChI=1S/C20H17F2N3O/c1-2-13-5-3-4-6-18(13)24-15-9-10-23-19(12-15)20(26)25-14-7-8-16(21)17(22)11-14/h3-12H,2H2,1H3,(H,23,24)(H,25,26). The summed E-state index contributed by atoms with van der Waals surface area (Å²) in [7, 11) is 0. The highest BCUT2D eigenvalue weighted by molar-refractivity contribution is 6.03. The lowest BCUT2D eigenvalue weighted by atomic mass is 10.1. The Bertz CT molecular complexity index is 944. The molecule has 4 nitrogen and oxygen atoms in total. The second kappa shape index (κ2) is 7.74. The quantitative estimate of drug-likeness (QED) is 0.685. The number of amides is 1. The molecule has 0 aliphatic carbocycles. The molecule has 0 fully saturated rings. The summed E-state index contributed by atoms with van der Waals surface area (Å²) >= 11 is 0. The molecule has 26 heavy (non-hydrogen) atoms. The SMILES string of the molecule is CCc1ccccc1Nc1ccnc(C(=O)Nc2ccc(F)c(F)c2)c1. The largest absolute Gasteiger partial charge is 0.355 e. The zero-order chi connectivity index (χ0) is 18.5. The van der Waals surface area contributed by atoms with Crippen LogP contribution in [-0.2, 0) is 6.42 Å². The maximum Gasteiger partial charge on any atom is 0.274 e. The molecule has 0 aliphatic heterocycles. The predicted molar refractivity (Wildman–Crippen MR) is 97.7 cm³/mol. The van der Waals surface area contributed by atoms with Crippen molar-refractivity contribution in [1.29, 1.82) is 0 Å². The van der Waals surface area contributed by atoms with Crippen molar-refractivity contribution in [3.05, 3.63) is 83.7 Å². The average Bonchev–Trinajstić information content (AvgIpc) is 2.65. The van der Waals surface area contributed by atoms with Gasteiger partial charge in [0, 0.05) is 29.3 Å². The number of rotatable bonds is 5. The Balaban J connectivity index is 1.78. The molecule has 2 N–H and O–H groups in total. The van der Waals surface area contributed by atoms with Crippen molar-refractivity contribution in [3.8, 4) is 0 Å². The molecule has 3 rings (SSSR count). The van der Waals surface area contributed by atoms with E-state index in [2.05, 4.69) is 22.5 Å². The molecular weight excluding hydrogens is 336 g/mol. The first-order valence-corrected chi connectivity index (χ1v) is 8.14. The van der Waals surface area contributed by atoms with Crippen LogP contribution in [0.3, 0.4) is 0 Å². The number of aryl methyl sites for hydroxylation is 1. The lowest BCUT2D eigenvalue weighted by Crippen LogP contribution is -2.14. The Hall–Kier alpha value is -3.28. The van der Waals surface area contributed by atoms with Gasteiger partial charge in [-0.15, -0.1) is 0 Å². The third-order valence-electron chi connectivity index (χ3n) is 3.85. The van der Waals surface area contributed by atoms with E-state index in [4.69, 9.17) is 0 Å². The van der Waals surface area contributed by atoms with Crippen molar-refractivity contribution in [2.75, 3.05) is 10.6 Å². The maximum absolute atomic E-state index is 13.3. The highest BCUT2D eigenvalue weighted by Crippen LogP contribution is 2.22. The van der Waals surface area contributed by atoms with Gasteiger partial charge in [-0.05, 0) is 42.3 Å². The molecule has 0 aliphatic rings. The first kappa shape index (κ1) is 17.5. The van der Waals surface area contributed by atoms with Gasteiger partial charge >= 0.3 is 0 Å². The average molecular weight is 353 g/mol. The topological polar surface area (TPSA) is 54.0 Å². The highest BCUT2D eigenvalue weighted by atomic mass is 19.2. The van der Waals surface area contributed by atoms with Crippen molar-refractivity contribution in [1.82, 2.24) is 4.98 Å². The van der Waals surface area contributed by atoms with Gasteiger partial charge in [-0.3, -0.25) is 9.78 Å². The van der Waals surface area contributed by atoms with Crippen LogP contribution in [0.25, 0.3) is 0 Å². The molecule has 0 radical (unpaired) electrons. The van der Waals surface area contributed by atoms with Crippen LogP contribution in [0.2, 0.25) is 0 Å². The van der Waals surface area contributed by atoms with E-state index in [-0.39, 0.29) is 11.4 Å². The highest BCUT2D eigenvalue weighted by Gasteiger charge is 2.11. The summed E-state index contributed by atoms with van der Waals surface area (Å²) in [6, 6.07) is 14.4. The lowest BCUT2D eigenvalue weighted by Gasteiger charge is -2.11.